The second-order valence-electron chi connectivity index (χ2n) is 4.93. The van der Waals surface area contributed by atoms with Gasteiger partial charge < -0.3 is 14.5 Å². The van der Waals surface area contributed by atoms with Crippen LogP contribution in [0.3, 0.4) is 0 Å². The Morgan fingerprint density at radius 2 is 2.28 bits per heavy atom. The van der Waals surface area contributed by atoms with Gasteiger partial charge in [-0.1, -0.05) is 0 Å². The predicted molar refractivity (Wildman–Crippen MR) is 66.8 cm³/mol. The Morgan fingerprint density at radius 3 is 2.94 bits per heavy atom. The summed E-state index contributed by atoms with van der Waals surface area (Å²) < 4.78 is 4.21. The standard InChI is InChI=1S/C12H18N6/c1-9(12-16-15-8-17(12)2)14-6-11-5-13-7-18(11)10-3-4-10/h5,7-10,14H,3-4,6H2,1-2H3. The summed E-state index contributed by atoms with van der Waals surface area (Å²) in [6.45, 7) is 2.91. The molecular formula is C12H18N6. The smallest absolute Gasteiger partial charge is 0.149 e. The van der Waals surface area contributed by atoms with E-state index < -0.39 is 0 Å². The number of aryl methyl sites for hydroxylation is 1. The molecule has 0 aliphatic heterocycles. The van der Waals surface area contributed by atoms with Crippen molar-refractivity contribution in [3.63, 3.8) is 0 Å². The van der Waals surface area contributed by atoms with Crippen LogP contribution in [0.2, 0.25) is 0 Å². The Kier molecular flexibility index (Phi) is 2.87. The molecule has 1 saturated carbocycles. The molecule has 1 aliphatic carbocycles. The van der Waals surface area contributed by atoms with E-state index in [0.29, 0.717) is 6.04 Å². The zero-order chi connectivity index (χ0) is 12.5. The Hall–Kier alpha value is -1.69. The van der Waals surface area contributed by atoms with Crippen molar-refractivity contribution in [2.24, 2.45) is 7.05 Å². The molecule has 1 aliphatic rings. The minimum atomic E-state index is 0.181. The zero-order valence-corrected chi connectivity index (χ0v) is 10.7. The summed E-state index contributed by atoms with van der Waals surface area (Å²) in [6, 6.07) is 0.856. The molecule has 0 spiro atoms. The number of nitrogens with one attached hydrogen (secondary N) is 1. The van der Waals surface area contributed by atoms with Gasteiger partial charge >= 0.3 is 0 Å². The first-order valence-electron chi connectivity index (χ1n) is 6.33. The molecule has 96 valence electrons. The van der Waals surface area contributed by atoms with Crippen molar-refractivity contribution in [2.75, 3.05) is 0 Å². The lowest BCUT2D eigenvalue weighted by molar-refractivity contribution is 0.511. The lowest BCUT2D eigenvalue weighted by Crippen LogP contribution is -2.22. The maximum atomic E-state index is 4.23. The molecule has 1 fully saturated rings. The van der Waals surface area contributed by atoms with E-state index in [1.54, 1.807) is 6.33 Å². The molecule has 2 aromatic rings. The van der Waals surface area contributed by atoms with Crippen LogP contribution in [0.1, 0.15) is 43.4 Å². The molecule has 0 amide bonds. The van der Waals surface area contributed by atoms with E-state index in [1.165, 1.54) is 18.5 Å². The Balaban J connectivity index is 1.64. The SMILES string of the molecule is CC(NCc1cncn1C1CC1)c1nncn1C. The summed E-state index contributed by atoms with van der Waals surface area (Å²) in [4.78, 5) is 4.23. The molecule has 1 atom stereocenters. The summed E-state index contributed by atoms with van der Waals surface area (Å²) in [5.41, 5.74) is 1.24. The molecule has 1 unspecified atom stereocenters. The van der Waals surface area contributed by atoms with Crippen LogP contribution in [0.4, 0.5) is 0 Å². The molecule has 2 aromatic heterocycles. The summed E-state index contributed by atoms with van der Waals surface area (Å²) in [5.74, 6) is 0.951. The molecule has 0 saturated heterocycles. The Labute approximate surface area is 106 Å². The fourth-order valence-electron chi connectivity index (χ4n) is 2.18. The van der Waals surface area contributed by atoms with E-state index in [9.17, 15) is 0 Å². The van der Waals surface area contributed by atoms with Gasteiger partial charge in [0.15, 0.2) is 0 Å². The van der Waals surface area contributed by atoms with E-state index in [0.717, 1.165) is 12.4 Å². The maximum absolute atomic E-state index is 4.23. The van der Waals surface area contributed by atoms with Crippen molar-refractivity contribution in [2.45, 2.75) is 38.4 Å². The average molecular weight is 246 g/mol. The van der Waals surface area contributed by atoms with Gasteiger partial charge in [-0.2, -0.15) is 0 Å². The number of imidazole rings is 1. The van der Waals surface area contributed by atoms with Gasteiger partial charge in [0.05, 0.1) is 18.1 Å². The van der Waals surface area contributed by atoms with Crippen LogP contribution < -0.4 is 5.32 Å². The van der Waals surface area contributed by atoms with E-state index >= 15 is 0 Å². The second kappa shape index (κ2) is 4.53. The van der Waals surface area contributed by atoms with Crippen LogP contribution in [-0.2, 0) is 13.6 Å². The van der Waals surface area contributed by atoms with E-state index in [2.05, 4.69) is 32.0 Å². The van der Waals surface area contributed by atoms with Gasteiger partial charge in [0, 0.05) is 25.8 Å². The highest BCUT2D eigenvalue weighted by Crippen LogP contribution is 2.35. The van der Waals surface area contributed by atoms with Gasteiger partial charge in [-0.15, -0.1) is 10.2 Å². The number of hydrogen-bond acceptors (Lipinski definition) is 4. The lowest BCUT2D eigenvalue weighted by Gasteiger charge is -2.13. The fraction of sp³-hybridized carbons (Fsp3) is 0.583. The number of nitrogens with zero attached hydrogens (tertiary/aromatic N) is 5. The third-order valence-corrected chi connectivity index (χ3v) is 3.41. The van der Waals surface area contributed by atoms with Gasteiger partial charge in [0.1, 0.15) is 12.2 Å². The van der Waals surface area contributed by atoms with Crippen LogP contribution >= 0.6 is 0 Å². The summed E-state index contributed by atoms with van der Waals surface area (Å²) >= 11 is 0. The van der Waals surface area contributed by atoms with Crippen molar-refractivity contribution >= 4 is 0 Å². The Morgan fingerprint density at radius 1 is 1.44 bits per heavy atom. The first-order valence-corrected chi connectivity index (χ1v) is 6.33. The van der Waals surface area contributed by atoms with Gasteiger partial charge in [-0.25, -0.2) is 4.98 Å². The molecule has 18 heavy (non-hydrogen) atoms. The first kappa shape index (κ1) is 11.4. The van der Waals surface area contributed by atoms with Gasteiger partial charge in [-0.05, 0) is 19.8 Å². The third-order valence-electron chi connectivity index (χ3n) is 3.41. The molecule has 3 rings (SSSR count). The van der Waals surface area contributed by atoms with Crippen LogP contribution in [0.25, 0.3) is 0 Å². The highest BCUT2D eigenvalue weighted by molar-refractivity contribution is 5.04. The molecule has 2 heterocycles. The van der Waals surface area contributed by atoms with Gasteiger partial charge in [-0.3, -0.25) is 0 Å². The van der Waals surface area contributed by atoms with Crippen LogP contribution in [-0.4, -0.2) is 24.3 Å². The van der Waals surface area contributed by atoms with Crippen LogP contribution in [0.15, 0.2) is 18.9 Å². The third kappa shape index (κ3) is 2.15. The van der Waals surface area contributed by atoms with Gasteiger partial charge in [0.25, 0.3) is 0 Å². The summed E-state index contributed by atoms with van der Waals surface area (Å²) in [5, 5.41) is 11.5. The number of aromatic nitrogens is 5. The predicted octanol–water partition coefficient (Wildman–Crippen LogP) is 1.20. The van der Waals surface area contributed by atoms with E-state index in [1.807, 2.05) is 24.1 Å². The quantitative estimate of drug-likeness (QED) is 0.861. The maximum Gasteiger partial charge on any atom is 0.149 e. The highest BCUT2D eigenvalue weighted by atomic mass is 15.3. The van der Waals surface area contributed by atoms with Crippen LogP contribution in [0.5, 0.6) is 0 Å². The minimum absolute atomic E-state index is 0.181. The van der Waals surface area contributed by atoms with Crippen molar-refractivity contribution in [1.29, 1.82) is 0 Å². The van der Waals surface area contributed by atoms with E-state index in [-0.39, 0.29) is 6.04 Å². The highest BCUT2D eigenvalue weighted by Gasteiger charge is 2.25. The molecule has 6 nitrogen and oxygen atoms in total. The first-order chi connectivity index (χ1) is 8.75. The molecule has 6 heteroatoms. The molecular weight excluding hydrogens is 228 g/mol. The molecule has 0 aromatic carbocycles. The van der Waals surface area contributed by atoms with Crippen molar-refractivity contribution in [3.8, 4) is 0 Å². The molecule has 1 N–H and O–H groups in total. The fourth-order valence-corrected chi connectivity index (χ4v) is 2.18. The molecule has 0 radical (unpaired) electrons. The van der Waals surface area contributed by atoms with E-state index in [4.69, 9.17) is 0 Å². The van der Waals surface area contributed by atoms with Gasteiger partial charge in [0.2, 0.25) is 0 Å². The molecule has 0 bridgehead atoms. The van der Waals surface area contributed by atoms with Crippen LogP contribution in [0, 0.1) is 0 Å². The monoisotopic (exact) mass is 246 g/mol. The van der Waals surface area contributed by atoms with Crippen molar-refractivity contribution < 1.29 is 0 Å². The second-order valence-corrected chi connectivity index (χ2v) is 4.93. The number of rotatable bonds is 5. The minimum Gasteiger partial charge on any atom is -0.330 e. The van der Waals surface area contributed by atoms with Crippen molar-refractivity contribution in [1.82, 2.24) is 29.6 Å². The zero-order valence-electron chi connectivity index (χ0n) is 10.7. The summed E-state index contributed by atoms with van der Waals surface area (Å²) in [6.07, 6.45) is 8.16. The number of hydrogen-bond donors (Lipinski definition) is 1. The summed E-state index contributed by atoms with van der Waals surface area (Å²) in [7, 11) is 1.96. The largest absolute Gasteiger partial charge is 0.330 e. The Bertz CT molecular complexity index is 524. The normalized spacial score (nSPS) is 17.0. The van der Waals surface area contributed by atoms with Crippen molar-refractivity contribution in [3.05, 3.63) is 30.4 Å². The lowest BCUT2D eigenvalue weighted by atomic mass is 10.3. The average Bonchev–Trinajstić information content (AvgIpc) is 2.94. The topological polar surface area (TPSA) is 60.6 Å².